The smallest absolute Gasteiger partial charge is 0.216 e. The van der Waals surface area contributed by atoms with E-state index in [0.717, 1.165) is 43.1 Å². The first kappa shape index (κ1) is 21.8. The first-order valence-electron chi connectivity index (χ1n) is 10.4. The van der Waals surface area contributed by atoms with Crippen LogP contribution in [0, 0.1) is 5.92 Å². The summed E-state index contributed by atoms with van der Waals surface area (Å²) in [4.78, 5) is 17.2. The van der Waals surface area contributed by atoms with Gasteiger partial charge in [-0.3, -0.25) is 9.78 Å². The quantitative estimate of drug-likeness (QED) is 0.552. The van der Waals surface area contributed by atoms with Gasteiger partial charge in [-0.15, -0.1) is 11.8 Å². The summed E-state index contributed by atoms with van der Waals surface area (Å²) in [5, 5.41) is 10.3. The third kappa shape index (κ3) is 5.81. The van der Waals surface area contributed by atoms with Crippen LogP contribution in [0.3, 0.4) is 0 Å². The first-order chi connectivity index (χ1) is 14.1. The number of pyridine rings is 1. The van der Waals surface area contributed by atoms with Crippen molar-refractivity contribution in [3.05, 3.63) is 59.9 Å². The van der Waals surface area contributed by atoms with Crippen LogP contribution in [-0.4, -0.2) is 43.3 Å². The molecule has 3 rings (SSSR count). The summed E-state index contributed by atoms with van der Waals surface area (Å²) < 4.78 is 0. The molecule has 1 atom stereocenters. The maximum atomic E-state index is 11.8. The molecule has 1 aromatic carbocycles. The Morgan fingerprint density at radius 1 is 1.14 bits per heavy atom. The average Bonchev–Trinajstić information content (AvgIpc) is 2.77. The fourth-order valence-electron chi connectivity index (χ4n) is 4.07. The predicted molar refractivity (Wildman–Crippen MR) is 120 cm³/mol. The molecule has 0 saturated carbocycles. The van der Waals surface area contributed by atoms with E-state index in [9.17, 15) is 4.79 Å². The zero-order valence-electron chi connectivity index (χ0n) is 17.4. The van der Waals surface area contributed by atoms with Crippen LogP contribution in [0.15, 0.2) is 53.7 Å². The lowest BCUT2D eigenvalue weighted by Gasteiger charge is -2.37. The molecule has 2 aromatic rings. The molecule has 1 saturated heterocycles. The molecule has 0 aliphatic carbocycles. The maximum absolute atomic E-state index is 11.8. The van der Waals surface area contributed by atoms with Crippen molar-refractivity contribution in [1.82, 2.24) is 20.9 Å². The van der Waals surface area contributed by atoms with Gasteiger partial charge in [-0.05, 0) is 86.5 Å². The van der Waals surface area contributed by atoms with Crippen LogP contribution in [-0.2, 0) is 10.3 Å². The van der Waals surface area contributed by atoms with E-state index in [4.69, 9.17) is 0 Å². The van der Waals surface area contributed by atoms with E-state index in [1.165, 1.54) is 17.7 Å². The van der Waals surface area contributed by atoms with Crippen LogP contribution in [0.5, 0.6) is 0 Å². The van der Waals surface area contributed by atoms with Crippen LogP contribution < -0.4 is 16.0 Å². The second-order valence-electron chi connectivity index (χ2n) is 7.69. The van der Waals surface area contributed by atoms with Gasteiger partial charge in [-0.1, -0.05) is 12.1 Å². The second-order valence-corrected chi connectivity index (χ2v) is 8.57. The fraction of sp³-hybridized carbons (Fsp3) is 0.478. The lowest BCUT2D eigenvalue weighted by molar-refractivity contribution is -0.119. The van der Waals surface area contributed by atoms with E-state index in [1.807, 2.05) is 24.5 Å². The molecule has 2 heterocycles. The van der Waals surface area contributed by atoms with Crippen LogP contribution in [0.4, 0.5) is 0 Å². The van der Waals surface area contributed by atoms with E-state index in [2.05, 4.69) is 51.5 Å². The number of nitrogens with one attached hydrogen (secondary N) is 3. The number of aromatic nitrogens is 1. The van der Waals surface area contributed by atoms with Gasteiger partial charge in [-0.25, -0.2) is 0 Å². The number of rotatable bonds is 9. The van der Waals surface area contributed by atoms with Crippen LogP contribution in [0.2, 0.25) is 0 Å². The molecule has 1 fully saturated rings. The minimum absolute atomic E-state index is 0.0238. The summed E-state index contributed by atoms with van der Waals surface area (Å²) in [7, 11) is 0. The summed E-state index contributed by atoms with van der Waals surface area (Å²) in [5.41, 5.74) is 1.78. The van der Waals surface area contributed by atoms with E-state index in [-0.39, 0.29) is 5.91 Å². The Balaban J connectivity index is 1.90. The van der Waals surface area contributed by atoms with Gasteiger partial charge in [0.25, 0.3) is 0 Å². The number of hydrogen-bond donors (Lipinski definition) is 3. The van der Waals surface area contributed by atoms with Crippen LogP contribution in [0.1, 0.15) is 37.3 Å². The van der Waals surface area contributed by atoms with E-state index >= 15 is 0 Å². The second kappa shape index (κ2) is 10.8. The molecule has 1 aliphatic rings. The Labute approximate surface area is 178 Å². The van der Waals surface area contributed by atoms with E-state index < -0.39 is 5.54 Å². The SMILES string of the molecule is CSc1ccc(C(CNC(C)=O)(NCCC2CCNCC2)c2ccncc2)cc1. The topological polar surface area (TPSA) is 66.1 Å². The van der Waals surface area contributed by atoms with Gasteiger partial charge < -0.3 is 16.0 Å². The molecule has 1 aromatic heterocycles. The summed E-state index contributed by atoms with van der Waals surface area (Å²) in [6.45, 7) is 5.20. The third-order valence-electron chi connectivity index (χ3n) is 5.80. The minimum Gasteiger partial charge on any atom is -0.354 e. The highest BCUT2D eigenvalue weighted by Crippen LogP contribution is 2.31. The largest absolute Gasteiger partial charge is 0.354 e. The van der Waals surface area contributed by atoms with E-state index in [1.54, 1.807) is 18.7 Å². The molecule has 6 heteroatoms. The minimum atomic E-state index is -0.488. The highest BCUT2D eigenvalue weighted by Gasteiger charge is 2.34. The van der Waals surface area contributed by atoms with Crippen molar-refractivity contribution in [3.63, 3.8) is 0 Å². The zero-order valence-corrected chi connectivity index (χ0v) is 18.2. The van der Waals surface area contributed by atoms with Crippen molar-refractivity contribution >= 4 is 17.7 Å². The molecule has 0 bridgehead atoms. The molecule has 1 aliphatic heterocycles. The number of carbonyl (C=O) groups is 1. The monoisotopic (exact) mass is 412 g/mol. The van der Waals surface area contributed by atoms with E-state index in [0.29, 0.717) is 6.54 Å². The van der Waals surface area contributed by atoms with Gasteiger partial charge in [0.2, 0.25) is 5.91 Å². The molecule has 5 nitrogen and oxygen atoms in total. The Kier molecular flexibility index (Phi) is 8.09. The number of benzene rings is 1. The van der Waals surface area contributed by atoms with Gasteiger partial charge in [0, 0.05) is 30.8 Å². The lowest BCUT2D eigenvalue weighted by atomic mass is 9.82. The Hall–Kier alpha value is -1.89. The fourth-order valence-corrected chi connectivity index (χ4v) is 4.47. The van der Waals surface area contributed by atoms with Crippen molar-refractivity contribution in [2.24, 2.45) is 5.92 Å². The number of nitrogens with zero attached hydrogens (tertiary/aromatic N) is 1. The zero-order chi connectivity index (χ0) is 20.5. The molecule has 29 heavy (non-hydrogen) atoms. The maximum Gasteiger partial charge on any atom is 0.216 e. The average molecular weight is 413 g/mol. The van der Waals surface area contributed by atoms with Crippen LogP contribution >= 0.6 is 11.8 Å². The number of carbonyl (C=O) groups excluding carboxylic acids is 1. The molecule has 1 unspecified atom stereocenters. The number of amides is 1. The molecule has 3 N–H and O–H groups in total. The van der Waals surface area contributed by atoms with Crippen molar-refractivity contribution in [2.75, 3.05) is 32.4 Å². The molecular formula is C23H32N4OS. The number of piperidine rings is 1. The Morgan fingerprint density at radius 2 is 1.79 bits per heavy atom. The van der Waals surface area contributed by atoms with Crippen molar-refractivity contribution in [3.8, 4) is 0 Å². The molecule has 0 radical (unpaired) electrons. The normalized spacial score (nSPS) is 16.9. The highest BCUT2D eigenvalue weighted by molar-refractivity contribution is 7.98. The summed E-state index contributed by atoms with van der Waals surface area (Å²) in [6.07, 6.45) is 9.33. The molecule has 1 amide bonds. The summed E-state index contributed by atoms with van der Waals surface area (Å²) >= 11 is 1.73. The van der Waals surface area contributed by atoms with Crippen molar-refractivity contribution < 1.29 is 4.79 Å². The lowest BCUT2D eigenvalue weighted by Crippen LogP contribution is -2.52. The standard InChI is InChI=1S/C23H32N4OS/c1-18(28)26-17-23(21-10-14-25-15-11-21,20-3-5-22(29-2)6-4-20)27-16-9-19-7-12-24-13-8-19/h3-6,10-11,14-15,19,24,27H,7-9,12-13,16-17H2,1-2H3,(H,26,28). The van der Waals surface area contributed by atoms with Crippen LogP contribution in [0.25, 0.3) is 0 Å². The van der Waals surface area contributed by atoms with Crippen molar-refractivity contribution in [2.45, 2.75) is 36.6 Å². The van der Waals surface area contributed by atoms with Gasteiger partial charge in [0.05, 0.1) is 5.54 Å². The Bertz CT molecular complexity index is 762. The van der Waals surface area contributed by atoms with Gasteiger partial charge >= 0.3 is 0 Å². The Morgan fingerprint density at radius 3 is 2.41 bits per heavy atom. The van der Waals surface area contributed by atoms with Gasteiger partial charge in [0.15, 0.2) is 0 Å². The number of hydrogen-bond acceptors (Lipinski definition) is 5. The molecular weight excluding hydrogens is 380 g/mol. The summed E-state index contributed by atoms with van der Waals surface area (Å²) in [5.74, 6) is 0.725. The highest BCUT2D eigenvalue weighted by atomic mass is 32.2. The predicted octanol–water partition coefficient (Wildman–Crippen LogP) is 3.16. The third-order valence-corrected chi connectivity index (χ3v) is 6.54. The van der Waals surface area contributed by atoms with Gasteiger partial charge in [-0.2, -0.15) is 0 Å². The molecule has 0 spiro atoms. The number of thioether (sulfide) groups is 1. The summed E-state index contributed by atoms with van der Waals surface area (Å²) in [6, 6.07) is 12.7. The van der Waals surface area contributed by atoms with Crippen molar-refractivity contribution in [1.29, 1.82) is 0 Å². The first-order valence-corrected chi connectivity index (χ1v) is 11.6. The van der Waals surface area contributed by atoms with Gasteiger partial charge in [0.1, 0.15) is 0 Å². The molecule has 156 valence electrons.